The second-order valence-electron chi connectivity index (χ2n) is 16.8. The van der Waals surface area contributed by atoms with Crippen LogP contribution in [0.25, 0.3) is 98.0 Å². The lowest BCUT2D eigenvalue weighted by atomic mass is 9.66. The molecular formula is C61H38. The van der Waals surface area contributed by atoms with Gasteiger partial charge in [-0.05, 0) is 157 Å². The predicted molar refractivity (Wildman–Crippen MR) is 260 cm³/mol. The molecule has 0 amide bonds. The van der Waals surface area contributed by atoms with E-state index in [1.165, 1.54) is 120 Å². The first kappa shape index (κ1) is 34.1. The Morgan fingerprint density at radius 2 is 0.574 bits per heavy atom. The van der Waals surface area contributed by atoms with E-state index in [1.807, 2.05) is 0 Å². The van der Waals surface area contributed by atoms with Crippen LogP contribution in [-0.4, -0.2) is 0 Å². The summed E-state index contributed by atoms with van der Waals surface area (Å²) in [6.07, 6.45) is 0. The summed E-state index contributed by atoms with van der Waals surface area (Å²) in [5.41, 5.74) is 12.0. The molecule has 0 radical (unpaired) electrons. The molecule has 0 atom stereocenters. The van der Waals surface area contributed by atoms with E-state index >= 15 is 0 Å². The molecule has 0 heterocycles. The molecule has 282 valence electrons. The Balaban J connectivity index is 1.16. The van der Waals surface area contributed by atoms with Crippen LogP contribution in [0.4, 0.5) is 0 Å². The molecule has 13 rings (SSSR count). The van der Waals surface area contributed by atoms with Gasteiger partial charge in [-0.2, -0.15) is 0 Å². The normalized spacial score (nSPS) is 13.0. The Morgan fingerprint density at radius 3 is 1.02 bits per heavy atom. The van der Waals surface area contributed by atoms with Crippen molar-refractivity contribution in [2.45, 2.75) is 5.41 Å². The highest BCUT2D eigenvalue weighted by Gasteiger charge is 2.47. The first-order valence-electron chi connectivity index (χ1n) is 21.3. The Morgan fingerprint density at radius 1 is 0.213 bits per heavy atom. The summed E-state index contributed by atoms with van der Waals surface area (Å²) in [5.74, 6) is 0. The number of benzene rings is 12. The van der Waals surface area contributed by atoms with Crippen molar-refractivity contribution in [3.05, 3.63) is 253 Å². The number of hydrogen-bond acceptors (Lipinski definition) is 0. The van der Waals surface area contributed by atoms with Crippen LogP contribution in [0.15, 0.2) is 231 Å². The zero-order valence-corrected chi connectivity index (χ0v) is 33.4. The van der Waals surface area contributed by atoms with Crippen LogP contribution in [0.1, 0.15) is 22.3 Å². The van der Waals surface area contributed by atoms with Crippen molar-refractivity contribution in [2.75, 3.05) is 0 Å². The van der Waals surface area contributed by atoms with Crippen LogP contribution in [0.3, 0.4) is 0 Å². The molecular weight excluding hydrogens is 733 g/mol. The highest BCUT2D eigenvalue weighted by molar-refractivity contribution is 6.15. The van der Waals surface area contributed by atoms with Crippen LogP contribution in [0.5, 0.6) is 0 Å². The molecule has 0 heteroatoms. The van der Waals surface area contributed by atoms with Crippen LogP contribution < -0.4 is 0 Å². The van der Waals surface area contributed by atoms with Crippen LogP contribution in [0, 0.1) is 0 Å². The van der Waals surface area contributed by atoms with Gasteiger partial charge in [0.15, 0.2) is 0 Å². The fraction of sp³-hybridized carbons (Fsp3) is 0.0164. The molecule has 0 N–H and O–H groups in total. The maximum Gasteiger partial charge on any atom is 0.0714 e. The van der Waals surface area contributed by atoms with Gasteiger partial charge in [0.2, 0.25) is 0 Å². The molecule has 12 aromatic rings. The van der Waals surface area contributed by atoms with Gasteiger partial charge in [-0.3, -0.25) is 0 Å². The minimum Gasteiger partial charge on any atom is -0.0616 e. The van der Waals surface area contributed by atoms with Crippen LogP contribution in [-0.2, 0) is 5.41 Å². The molecule has 0 saturated carbocycles. The quantitative estimate of drug-likeness (QED) is 0.156. The molecule has 0 aromatic heterocycles. The van der Waals surface area contributed by atoms with Gasteiger partial charge in [0, 0.05) is 0 Å². The maximum atomic E-state index is 2.53. The standard InChI is InChI=1S/C61H38/c1-3-15-41-33-47(29-25-39(41)13-1)61(48-30-26-40-14-2-4-16-42(40)34-48)59-37-45(57-35-43-17-5-7-19-49(43)51-21-9-11-23-53(51)57)27-31-55(59)56-32-28-46(38-60(56)61)58-36-44-18-6-8-20-50(44)52-22-10-12-24-54(52)58/h1-38H. The van der Waals surface area contributed by atoms with Crippen LogP contribution >= 0.6 is 0 Å². The van der Waals surface area contributed by atoms with Crippen molar-refractivity contribution in [3.8, 4) is 33.4 Å². The van der Waals surface area contributed by atoms with Gasteiger partial charge in [-0.15, -0.1) is 0 Å². The topological polar surface area (TPSA) is 0 Å². The summed E-state index contributed by atoms with van der Waals surface area (Å²) in [7, 11) is 0. The monoisotopic (exact) mass is 770 g/mol. The van der Waals surface area contributed by atoms with Gasteiger partial charge < -0.3 is 0 Å². The second kappa shape index (κ2) is 13.1. The van der Waals surface area contributed by atoms with Crippen molar-refractivity contribution in [1.82, 2.24) is 0 Å². The Bertz CT molecular complexity index is 3520. The van der Waals surface area contributed by atoms with Crippen molar-refractivity contribution in [3.63, 3.8) is 0 Å². The summed E-state index contributed by atoms with van der Waals surface area (Å²) in [5, 5.41) is 15.1. The second-order valence-corrected chi connectivity index (χ2v) is 16.8. The summed E-state index contributed by atoms with van der Waals surface area (Å²) >= 11 is 0. The van der Waals surface area contributed by atoms with E-state index in [1.54, 1.807) is 0 Å². The third-order valence-electron chi connectivity index (χ3n) is 13.7. The highest BCUT2D eigenvalue weighted by Crippen LogP contribution is 2.58. The molecule has 61 heavy (non-hydrogen) atoms. The Hall–Kier alpha value is -7.80. The van der Waals surface area contributed by atoms with Crippen molar-refractivity contribution < 1.29 is 0 Å². The molecule has 1 aliphatic carbocycles. The van der Waals surface area contributed by atoms with E-state index in [0.29, 0.717) is 0 Å². The zero-order valence-electron chi connectivity index (χ0n) is 33.4. The van der Waals surface area contributed by atoms with Crippen molar-refractivity contribution in [2.24, 2.45) is 0 Å². The average Bonchev–Trinajstić information content (AvgIpc) is 3.62. The van der Waals surface area contributed by atoms with Gasteiger partial charge in [0.05, 0.1) is 5.41 Å². The van der Waals surface area contributed by atoms with E-state index < -0.39 is 5.41 Å². The van der Waals surface area contributed by atoms with Gasteiger partial charge in [-0.25, -0.2) is 0 Å². The lowest BCUT2D eigenvalue weighted by Gasteiger charge is -2.35. The fourth-order valence-electron chi connectivity index (χ4n) is 10.9. The van der Waals surface area contributed by atoms with Gasteiger partial charge in [0.1, 0.15) is 0 Å². The fourth-order valence-corrected chi connectivity index (χ4v) is 10.9. The first-order chi connectivity index (χ1) is 30.2. The molecule has 0 unspecified atom stereocenters. The molecule has 0 spiro atoms. The SMILES string of the molecule is c1ccc2cc(C3(c4ccc5ccccc5c4)c4cc(-c5cc6ccccc6c6ccccc56)ccc4-c4ccc(-c5cc6ccccc6c6ccccc56)cc43)ccc2c1. The van der Waals surface area contributed by atoms with Gasteiger partial charge in [-0.1, -0.05) is 194 Å². The van der Waals surface area contributed by atoms with E-state index in [4.69, 9.17) is 0 Å². The summed E-state index contributed by atoms with van der Waals surface area (Å²) in [6, 6.07) is 86.8. The smallest absolute Gasteiger partial charge is 0.0616 e. The third-order valence-corrected chi connectivity index (χ3v) is 13.7. The molecule has 12 aromatic carbocycles. The van der Waals surface area contributed by atoms with E-state index in [0.717, 1.165) is 0 Å². The van der Waals surface area contributed by atoms with Crippen LogP contribution in [0.2, 0.25) is 0 Å². The molecule has 0 fully saturated rings. The van der Waals surface area contributed by atoms with Crippen molar-refractivity contribution >= 4 is 64.6 Å². The Kier molecular flexibility index (Phi) is 7.32. The number of hydrogen-bond donors (Lipinski definition) is 0. The minimum absolute atomic E-state index is 0.635. The zero-order chi connectivity index (χ0) is 40.1. The lowest BCUT2D eigenvalue weighted by Crippen LogP contribution is -2.28. The Labute approximate surface area is 354 Å². The molecule has 0 nitrogen and oxygen atoms in total. The first-order valence-corrected chi connectivity index (χ1v) is 21.3. The predicted octanol–water partition coefficient (Wildman–Crippen LogP) is 16.3. The number of rotatable bonds is 4. The summed E-state index contributed by atoms with van der Waals surface area (Å²) in [6.45, 7) is 0. The third kappa shape index (κ3) is 5.00. The molecule has 1 aliphatic rings. The average molecular weight is 771 g/mol. The summed E-state index contributed by atoms with van der Waals surface area (Å²) < 4.78 is 0. The largest absolute Gasteiger partial charge is 0.0714 e. The van der Waals surface area contributed by atoms with Crippen molar-refractivity contribution in [1.29, 1.82) is 0 Å². The molecule has 0 saturated heterocycles. The summed E-state index contributed by atoms with van der Waals surface area (Å²) in [4.78, 5) is 0. The van der Waals surface area contributed by atoms with Gasteiger partial charge in [0.25, 0.3) is 0 Å². The van der Waals surface area contributed by atoms with E-state index in [9.17, 15) is 0 Å². The molecule has 0 aliphatic heterocycles. The number of fused-ring (bicyclic) bond motifs is 11. The maximum absolute atomic E-state index is 2.53. The molecule has 0 bridgehead atoms. The lowest BCUT2D eigenvalue weighted by molar-refractivity contribution is 0.772. The van der Waals surface area contributed by atoms with Gasteiger partial charge >= 0.3 is 0 Å². The van der Waals surface area contributed by atoms with E-state index in [2.05, 4.69) is 231 Å². The van der Waals surface area contributed by atoms with E-state index in [-0.39, 0.29) is 0 Å². The highest BCUT2D eigenvalue weighted by atomic mass is 14.5. The minimum atomic E-state index is -0.635.